The summed E-state index contributed by atoms with van der Waals surface area (Å²) in [7, 11) is -4.34. The molecule has 4 aromatic rings. The van der Waals surface area contributed by atoms with E-state index in [-0.39, 0.29) is 10.7 Å². The largest absolute Gasteiger partial charge is 0.294 e. The number of hydrogen-bond acceptors (Lipinski definition) is 3. The number of carbonyl (C=O) groups is 1. The quantitative estimate of drug-likeness (QED) is 0.366. The number of hydrogen-bond donors (Lipinski definition) is 1. The van der Waals surface area contributed by atoms with Gasteiger partial charge in [-0.15, -0.1) is 0 Å². The smallest absolute Gasteiger partial charge is 0.289 e. The third kappa shape index (κ3) is 3.92. The number of rotatable bonds is 5. The Morgan fingerprint density at radius 3 is 1.12 bits per heavy atom. The van der Waals surface area contributed by atoms with Crippen LogP contribution in [0.3, 0.4) is 0 Å². The Kier molecular flexibility index (Phi) is 5.57. The molecule has 4 aromatic carbocycles. The highest BCUT2D eigenvalue weighted by Crippen LogP contribution is 2.49. The molecule has 0 amide bonds. The van der Waals surface area contributed by atoms with E-state index in [1.807, 2.05) is 91.0 Å². The average Bonchev–Trinajstić information content (AvgIpc) is 3.18. The minimum absolute atomic E-state index is 0.136. The lowest BCUT2D eigenvalue weighted by atomic mass is 9.89. The van der Waals surface area contributed by atoms with Gasteiger partial charge < -0.3 is 0 Å². The third-order valence-corrected chi connectivity index (χ3v) is 6.70. The van der Waals surface area contributed by atoms with Crippen molar-refractivity contribution >= 4 is 38.2 Å². The van der Waals surface area contributed by atoms with Gasteiger partial charge in [0.05, 0.1) is 4.90 Å². The predicted octanol–water partition coefficient (Wildman–Crippen LogP) is 6.04. The number of ketones is 1. The van der Waals surface area contributed by atoms with Gasteiger partial charge in [-0.1, -0.05) is 103 Å². The van der Waals surface area contributed by atoms with Gasteiger partial charge in [-0.3, -0.25) is 9.35 Å². The second-order valence-corrected chi connectivity index (χ2v) is 9.35. The van der Waals surface area contributed by atoms with Gasteiger partial charge in [-0.25, -0.2) is 0 Å². The second-order valence-electron chi connectivity index (χ2n) is 7.93. The molecule has 0 unspecified atom stereocenters. The van der Waals surface area contributed by atoms with Gasteiger partial charge in [0, 0.05) is 22.3 Å². The zero-order chi connectivity index (χ0) is 23.7. The fraction of sp³-hybridized carbons (Fsp3) is 0. The Hall–Kier alpha value is -4.06. The van der Waals surface area contributed by atoms with Crippen molar-refractivity contribution in [3.63, 3.8) is 0 Å². The number of allylic oxidation sites excluding steroid dienone is 4. The van der Waals surface area contributed by atoms with Crippen LogP contribution >= 0.6 is 0 Å². The van der Waals surface area contributed by atoms with E-state index in [1.54, 1.807) is 12.1 Å². The van der Waals surface area contributed by atoms with E-state index in [9.17, 15) is 17.8 Å². The fourth-order valence-electron chi connectivity index (χ4n) is 4.34. The van der Waals surface area contributed by atoms with Crippen LogP contribution in [0.5, 0.6) is 0 Å². The third-order valence-electron chi connectivity index (χ3n) is 5.83. The topological polar surface area (TPSA) is 71.4 Å². The Balaban J connectivity index is 1.83. The summed E-state index contributed by atoms with van der Waals surface area (Å²) in [6.07, 6.45) is 0. The van der Waals surface area contributed by atoms with Gasteiger partial charge in [0.15, 0.2) is 5.78 Å². The van der Waals surface area contributed by atoms with Crippen LogP contribution < -0.4 is 0 Å². The van der Waals surface area contributed by atoms with E-state index in [2.05, 4.69) is 0 Å². The molecule has 1 N–H and O–H groups in total. The first-order valence-electron chi connectivity index (χ1n) is 10.7. The number of carbonyl (C=O) groups excluding carboxylic acids is 1. The van der Waals surface area contributed by atoms with E-state index in [4.69, 9.17) is 0 Å². The van der Waals surface area contributed by atoms with Crippen molar-refractivity contribution in [3.8, 4) is 0 Å². The van der Waals surface area contributed by atoms with Crippen molar-refractivity contribution in [2.75, 3.05) is 0 Å². The standard InChI is InChI=1S/C29H20O4S/c30-29-27(22-14-8-3-9-15-22)25(20-10-4-1-5-11-20)26(21-12-6-2-7-13-21)28(29)23-16-18-24(19-17-23)34(31,32)33/h1-19H,(H,31,32,33). The molecule has 0 bridgehead atoms. The van der Waals surface area contributed by atoms with E-state index in [1.165, 1.54) is 12.1 Å². The lowest BCUT2D eigenvalue weighted by Crippen LogP contribution is -2.03. The first kappa shape index (κ1) is 21.8. The highest BCUT2D eigenvalue weighted by atomic mass is 32.2. The van der Waals surface area contributed by atoms with Crippen molar-refractivity contribution in [2.24, 2.45) is 0 Å². The molecule has 0 atom stereocenters. The van der Waals surface area contributed by atoms with Gasteiger partial charge >= 0.3 is 0 Å². The summed E-state index contributed by atoms with van der Waals surface area (Å²) in [6, 6.07) is 34.8. The second kappa shape index (κ2) is 8.71. The highest BCUT2D eigenvalue weighted by Gasteiger charge is 2.35. The molecule has 0 saturated heterocycles. The first-order chi connectivity index (χ1) is 16.4. The maximum Gasteiger partial charge on any atom is 0.294 e. The fourth-order valence-corrected chi connectivity index (χ4v) is 4.82. The molecule has 0 spiro atoms. The van der Waals surface area contributed by atoms with Crippen LogP contribution in [-0.4, -0.2) is 18.8 Å². The summed E-state index contributed by atoms with van der Waals surface area (Å²) < 4.78 is 32.5. The molecular weight excluding hydrogens is 444 g/mol. The summed E-state index contributed by atoms with van der Waals surface area (Å²) in [5.74, 6) is -0.136. The maximum absolute atomic E-state index is 14.1. The maximum atomic E-state index is 14.1. The molecule has 5 rings (SSSR count). The van der Waals surface area contributed by atoms with Crippen LogP contribution in [-0.2, 0) is 14.9 Å². The lowest BCUT2D eigenvalue weighted by Gasteiger charge is -2.13. The van der Waals surface area contributed by atoms with Gasteiger partial charge in [-0.2, -0.15) is 8.42 Å². The van der Waals surface area contributed by atoms with E-state index < -0.39 is 10.1 Å². The number of benzene rings is 4. The molecule has 0 aromatic heterocycles. The highest BCUT2D eigenvalue weighted by molar-refractivity contribution is 7.85. The molecule has 1 aliphatic rings. The van der Waals surface area contributed by atoms with Gasteiger partial charge in [0.1, 0.15) is 0 Å². The Bertz CT molecular complexity index is 1530. The Labute approximate surface area is 198 Å². The molecule has 34 heavy (non-hydrogen) atoms. The van der Waals surface area contributed by atoms with Gasteiger partial charge in [0.25, 0.3) is 10.1 Å². The van der Waals surface area contributed by atoms with Gasteiger partial charge in [0.2, 0.25) is 0 Å². The van der Waals surface area contributed by atoms with Crippen molar-refractivity contribution in [1.29, 1.82) is 0 Å². The molecule has 5 heteroatoms. The van der Waals surface area contributed by atoms with Crippen LogP contribution in [0.25, 0.3) is 22.3 Å². The normalized spacial score (nSPS) is 14.1. The van der Waals surface area contributed by atoms with Crippen molar-refractivity contribution in [3.05, 3.63) is 138 Å². The Morgan fingerprint density at radius 1 is 0.441 bits per heavy atom. The minimum atomic E-state index is -4.34. The predicted molar refractivity (Wildman–Crippen MR) is 134 cm³/mol. The SMILES string of the molecule is O=C1C(c2ccccc2)=C(c2ccccc2)C(c2ccccc2)=C1c1ccc(S(=O)(=O)O)cc1. The van der Waals surface area contributed by atoms with Crippen LogP contribution in [0.15, 0.2) is 120 Å². The zero-order valence-electron chi connectivity index (χ0n) is 18.0. The van der Waals surface area contributed by atoms with Crippen LogP contribution in [0, 0.1) is 0 Å². The monoisotopic (exact) mass is 464 g/mol. The van der Waals surface area contributed by atoms with Crippen LogP contribution in [0.4, 0.5) is 0 Å². The molecule has 0 aliphatic heterocycles. The van der Waals surface area contributed by atoms with E-state index >= 15 is 0 Å². The molecule has 0 radical (unpaired) electrons. The van der Waals surface area contributed by atoms with Crippen molar-refractivity contribution < 1.29 is 17.8 Å². The molecule has 0 heterocycles. The van der Waals surface area contributed by atoms with Crippen molar-refractivity contribution in [1.82, 2.24) is 0 Å². The molecule has 1 aliphatic carbocycles. The van der Waals surface area contributed by atoms with Crippen LogP contribution in [0.1, 0.15) is 22.3 Å². The Morgan fingerprint density at radius 2 is 0.765 bits per heavy atom. The van der Waals surface area contributed by atoms with E-state index in [0.717, 1.165) is 27.8 Å². The summed E-state index contributed by atoms with van der Waals surface area (Å²) >= 11 is 0. The summed E-state index contributed by atoms with van der Waals surface area (Å²) in [5.41, 5.74) is 5.89. The molecular formula is C29H20O4S. The average molecular weight is 465 g/mol. The minimum Gasteiger partial charge on any atom is -0.289 e. The lowest BCUT2D eigenvalue weighted by molar-refractivity contribution is -0.108. The molecule has 0 saturated carbocycles. The van der Waals surface area contributed by atoms with Crippen LogP contribution in [0.2, 0.25) is 0 Å². The molecule has 166 valence electrons. The van der Waals surface area contributed by atoms with E-state index in [0.29, 0.717) is 16.7 Å². The van der Waals surface area contributed by atoms with Crippen molar-refractivity contribution in [2.45, 2.75) is 4.90 Å². The van der Waals surface area contributed by atoms with Gasteiger partial charge in [-0.05, 0) is 34.4 Å². The first-order valence-corrected chi connectivity index (χ1v) is 12.2. The summed E-state index contributed by atoms with van der Waals surface area (Å²) in [4.78, 5) is 13.9. The summed E-state index contributed by atoms with van der Waals surface area (Å²) in [5, 5.41) is 0. The molecule has 0 fully saturated rings. The molecule has 4 nitrogen and oxygen atoms in total. The zero-order valence-corrected chi connectivity index (χ0v) is 18.9. The number of Topliss-reactive ketones (excluding diaryl/α,β-unsaturated/α-hetero) is 1. The summed E-state index contributed by atoms with van der Waals surface area (Å²) in [6.45, 7) is 0.